The summed E-state index contributed by atoms with van der Waals surface area (Å²) >= 11 is 0. The number of sulfone groups is 1. The SMILES string of the molecule is Cc1ccc(S(=O)(=O)N2C=C[C@](C)(S(=O)(=O)c3ccc(C)cc3)C[C@@H]2C(C)C)cc1. The zero-order valence-electron chi connectivity index (χ0n) is 18.0. The summed E-state index contributed by atoms with van der Waals surface area (Å²) in [4.78, 5) is 0.450. The highest BCUT2D eigenvalue weighted by molar-refractivity contribution is 7.93. The van der Waals surface area contributed by atoms with Gasteiger partial charge < -0.3 is 0 Å². The molecule has 162 valence electrons. The zero-order valence-corrected chi connectivity index (χ0v) is 19.7. The molecule has 3 rings (SSSR count). The number of hydrogen-bond acceptors (Lipinski definition) is 4. The molecular weight excluding hydrogens is 418 g/mol. The van der Waals surface area contributed by atoms with Crippen molar-refractivity contribution in [3.63, 3.8) is 0 Å². The van der Waals surface area contributed by atoms with E-state index in [0.717, 1.165) is 11.1 Å². The van der Waals surface area contributed by atoms with Crippen molar-refractivity contribution in [2.75, 3.05) is 0 Å². The van der Waals surface area contributed by atoms with Crippen LogP contribution < -0.4 is 0 Å². The topological polar surface area (TPSA) is 71.5 Å². The molecule has 2 aromatic rings. The molecule has 1 aliphatic heterocycles. The minimum absolute atomic E-state index is 0.0669. The Morgan fingerprint density at radius 2 is 1.33 bits per heavy atom. The first-order valence-corrected chi connectivity index (χ1v) is 12.9. The first-order chi connectivity index (χ1) is 13.9. The lowest BCUT2D eigenvalue weighted by molar-refractivity contribution is 0.269. The standard InChI is InChI=1S/C23H29NO4S2/c1-17(2)22-16-23(5,29(25,26)20-10-6-18(3)7-11-20)14-15-24(22)30(27,28)21-12-8-19(4)9-13-21/h6-15,17,22H,16H2,1-5H3/t22-,23+/m1/s1. The van der Waals surface area contributed by atoms with E-state index in [1.807, 2.05) is 27.7 Å². The summed E-state index contributed by atoms with van der Waals surface area (Å²) in [5.41, 5.74) is 1.95. The van der Waals surface area contributed by atoms with E-state index < -0.39 is 30.6 Å². The average Bonchev–Trinajstić information content (AvgIpc) is 2.68. The van der Waals surface area contributed by atoms with Crippen LogP contribution in [0.1, 0.15) is 38.3 Å². The molecule has 2 aromatic carbocycles. The molecule has 2 atom stereocenters. The fourth-order valence-corrected chi connectivity index (χ4v) is 7.00. The number of sulfonamides is 1. The molecule has 0 bridgehead atoms. The molecule has 30 heavy (non-hydrogen) atoms. The van der Waals surface area contributed by atoms with Gasteiger partial charge in [-0.1, -0.05) is 49.2 Å². The van der Waals surface area contributed by atoms with Gasteiger partial charge in [0.1, 0.15) is 0 Å². The zero-order chi connectivity index (χ0) is 22.3. The summed E-state index contributed by atoms with van der Waals surface area (Å²) in [5.74, 6) is -0.0669. The maximum absolute atomic E-state index is 13.4. The van der Waals surface area contributed by atoms with Crippen LogP contribution in [0, 0.1) is 19.8 Å². The van der Waals surface area contributed by atoms with Crippen LogP contribution in [0.25, 0.3) is 0 Å². The number of hydrogen-bond donors (Lipinski definition) is 0. The summed E-state index contributed by atoms with van der Waals surface area (Å²) in [6.45, 7) is 9.31. The molecule has 0 unspecified atom stereocenters. The van der Waals surface area contributed by atoms with Gasteiger partial charge in [0.2, 0.25) is 0 Å². The predicted octanol–water partition coefficient (Wildman–Crippen LogP) is 4.47. The Hall–Kier alpha value is -2.12. The highest BCUT2D eigenvalue weighted by Gasteiger charge is 2.46. The third kappa shape index (κ3) is 3.93. The first-order valence-electron chi connectivity index (χ1n) is 9.99. The molecule has 0 aromatic heterocycles. The molecule has 0 spiro atoms. The Bertz CT molecular complexity index is 1150. The van der Waals surface area contributed by atoms with Crippen molar-refractivity contribution in [3.05, 3.63) is 71.9 Å². The highest BCUT2D eigenvalue weighted by atomic mass is 32.2. The van der Waals surface area contributed by atoms with Gasteiger partial charge in [-0.2, -0.15) is 0 Å². The lowest BCUT2D eigenvalue weighted by atomic mass is 9.90. The third-order valence-corrected chi connectivity index (χ3v) is 10.1. The Morgan fingerprint density at radius 3 is 1.80 bits per heavy atom. The summed E-state index contributed by atoms with van der Waals surface area (Å²) in [6.07, 6.45) is 3.14. The van der Waals surface area contributed by atoms with Crippen LogP contribution in [-0.4, -0.2) is 31.9 Å². The van der Waals surface area contributed by atoms with Crippen molar-refractivity contribution >= 4 is 19.9 Å². The molecule has 0 saturated heterocycles. The van der Waals surface area contributed by atoms with Gasteiger partial charge in [-0.3, -0.25) is 4.31 Å². The summed E-state index contributed by atoms with van der Waals surface area (Å²) in [7, 11) is -7.48. The molecule has 0 N–H and O–H groups in total. The average molecular weight is 448 g/mol. The van der Waals surface area contributed by atoms with Crippen molar-refractivity contribution < 1.29 is 16.8 Å². The second kappa shape index (κ2) is 7.85. The van der Waals surface area contributed by atoms with E-state index in [1.165, 1.54) is 16.6 Å². The number of aryl methyl sites for hydroxylation is 2. The van der Waals surface area contributed by atoms with Crippen molar-refractivity contribution in [2.24, 2.45) is 5.92 Å². The number of nitrogens with zero attached hydrogens (tertiary/aromatic N) is 1. The minimum atomic E-state index is -3.79. The summed E-state index contributed by atoms with van der Waals surface area (Å²) < 4.78 is 53.6. The van der Waals surface area contributed by atoms with Gasteiger partial charge in [-0.05, 0) is 63.5 Å². The van der Waals surface area contributed by atoms with Crippen molar-refractivity contribution in [3.8, 4) is 0 Å². The predicted molar refractivity (Wildman–Crippen MR) is 119 cm³/mol. The van der Waals surface area contributed by atoms with E-state index in [0.29, 0.717) is 0 Å². The third-order valence-electron chi connectivity index (χ3n) is 5.83. The van der Waals surface area contributed by atoms with E-state index in [-0.39, 0.29) is 22.1 Å². The quantitative estimate of drug-likeness (QED) is 0.678. The van der Waals surface area contributed by atoms with Gasteiger partial charge in [-0.25, -0.2) is 16.8 Å². The van der Waals surface area contributed by atoms with Crippen LogP contribution in [0.2, 0.25) is 0 Å². The summed E-state index contributed by atoms with van der Waals surface area (Å²) in [6, 6.07) is 13.0. The van der Waals surface area contributed by atoms with Gasteiger partial charge in [0, 0.05) is 12.2 Å². The maximum atomic E-state index is 13.4. The molecule has 7 heteroatoms. The molecular formula is C23H29NO4S2. The van der Waals surface area contributed by atoms with Gasteiger partial charge in [-0.15, -0.1) is 0 Å². The lowest BCUT2D eigenvalue weighted by Gasteiger charge is -2.42. The molecule has 5 nitrogen and oxygen atoms in total. The number of benzene rings is 2. The van der Waals surface area contributed by atoms with Crippen LogP contribution in [0.15, 0.2) is 70.6 Å². The van der Waals surface area contributed by atoms with Gasteiger partial charge in [0.15, 0.2) is 9.84 Å². The molecule has 0 fully saturated rings. The molecule has 0 amide bonds. The molecule has 1 aliphatic rings. The summed E-state index contributed by atoms with van der Waals surface area (Å²) in [5, 5.41) is 0. The fourth-order valence-electron chi connectivity index (χ4n) is 3.72. The lowest BCUT2D eigenvalue weighted by Crippen LogP contribution is -2.50. The Labute approximate surface area is 180 Å². The van der Waals surface area contributed by atoms with Crippen LogP contribution in [-0.2, 0) is 19.9 Å². The van der Waals surface area contributed by atoms with Crippen LogP contribution >= 0.6 is 0 Å². The van der Waals surface area contributed by atoms with Crippen molar-refractivity contribution in [1.29, 1.82) is 0 Å². The molecule has 0 aliphatic carbocycles. The number of rotatable bonds is 5. The first kappa shape index (κ1) is 22.6. The minimum Gasteiger partial charge on any atom is -0.270 e. The van der Waals surface area contributed by atoms with Gasteiger partial charge in [0.05, 0.1) is 14.5 Å². The monoisotopic (exact) mass is 447 g/mol. The fraction of sp³-hybridized carbons (Fsp3) is 0.391. The normalized spacial score (nSPS) is 22.5. The Balaban J connectivity index is 2.05. The molecule has 0 radical (unpaired) electrons. The van der Waals surface area contributed by atoms with E-state index in [2.05, 4.69) is 0 Å². The van der Waals surface area contributed by atoms with Crippen LogP contribution in [0.3, 0.4) is 0 Å². The molecule has 0 saturated carbocycles. The van der Waals surface area contributed by atoms with E-state index in [9.17, 15) is 16.8 Å². The second-order valence-corrected chi connectivity index (χ2v) is 12.9. The smallest absolute Gasteiger partial charge is 0.264 e. The Morgan fingerprint density at radius 1 is 0.867 bits per heavy atom. The van der Waals surface area contributed by atoms with Crippen molar-refractivity contribution in [1.82, 2.24) is 4.31 Å². The van der Waals surface area contributed by atoms with Crippen LogP contribution in [0.4, 0.5) is 0 Å². The Kier molecular flexibility index (Phi) is 5.91. The van der Waals surface area contributed by atoms with Gasteiger partial charge in [0.25, 0.3) is 10.0 Å². The highest BCUT2D eigenvalue weighted by Crippen LogP contribution is 2.39. The second-order valence-electron chi connectivity index (χ2n) is 8.61. The largest absolute Gasteiger partial charge is 0.270 e. The maximum Gasteiger partial charge on any atom is 0.264 e. The van der Waals surface area contributed by atoms with E-state index >= 15 is 0 Å². The van der Waals surface area contributed by atoms with Gasteiger partial charge >= 0.3 is 0 Å². The molecule has 1 heterocycles. The van der Waals surface area contributed by atoms with E-state index in [4.69, 9.17) is 0 Å². The van der Waals surface area contributed by atoms with Crippen molar-refractivity contribution in [2.45, 2.75) is 61.6 Å². The van der Waals surface area contributed by atoms with Crippen LogP contribution in [0.5, 0.6) is 0 Å². The van der Waals surface area contributed by atoms with E-state index in [1.54, 1.807) is 55.5 Å².